The van der Waals surface area contributed by atoms with Gasteiger partial charge in [0.15, 0.2) is 5.69 Å². The summed E-state index contributed by atoms with van der Waals surface area (Å²) in [6, 6.07) is 12.6. The van der Waals surface area contributed by atoms with Crippen molar-refractivity contribution >= 4 is 28.5 Å². The Balaban J connectivity index is 1.40. The number of amides is 2. The molecule has 0 aliphatic carbocycles. The highest BCUT2D eigenvalue weighted by molar-refractivity contribution is 5.97. The molecule has 0 unspecified atom stereocenters. The van der Waals surface area contributed by atoms with Crippen molar-refractivity contribution < 1.29 is 14.0 Å². The Kier molecular flexibility index (Phi) is 6.90. The van der Waals surface area contributed by atoms with Gasteiger partial charge in [-0.2, -0.15) is 0 Å². The number of carbonyl (C=O) groups is 2. The largest absolute Gasteiger partial charge is 0.382 e. The number of carbonyl (C=O) groups excluding carboxylic acids is 2. The molecular formula is C25H28FN5O3. The van der Waals surface area contributed by atoms with Gasteiger partial charge in [-0.1, -0.05) is 26.0 Å². The molecule has 1 aliphatic heterocycles. The van der Waals surface area contributed by atoms with Crippen molar-refractivity contribution in [2.24, 2.45) is 5.92 Å². The normalized spacial score (nSPS) is 15.4. The van der Waals surface area contributed by atoms with Gasteiger partial charge in [0.2, 0.25) is 5.91 Å². The summed E-state index contributed by atoms with van der Waals surface area (Å²) in [4.78, 5) is 47.1. The van der Waals surface area contributed by atoms with Crippen LogP contribution in [0.2, 0.25) is 0 Å². The second kappa shape index (κ2) is 10.0. The Labute approximate surface area is 196 Å². The molecule has 178 valence electrons. The zero-order valence-electron chi connectivity index (χ0n) is 19.2. The molecule has 2 heterocycles. The van der Waals surface area contributed by atoms with E-state index in [1.807, 2.05) is 13.8 Å². The van der Waals surface area contributed by atoms with Crippen molar-refractivity contribution in [2.75, 3.05) is 18.4 Å². The second-order valence-electron chi connectivity index (χ2n) is 8.88. The number of aromatic nitrogens is 2. The smallest absolute Gasteiger partial charge is 0.280 e. The quantitative estimate of drug-likeness (QED) is 0.519. The van der Waals surface area contributed by atoms with Crippen LogP contribution in [0.15, 0.2) is 53.3 Å². The van der Waals surface area contributed by atoms with Crippen LogP contribution in [0.4, 0.5) is 10.1 Å². The lowest BCUT2D eigenvalue weighted by Gasteiger charge is -2.36. The van der Waals surface area contributed by atoms with Crippen molar-refractivity contribution in [2.45, 2.75) is 38.8 Å². The van der Waals surface area contributed by atoms with Crippen molar-refractivity contribution in [3.63, 3.8) is 0 Å². The predicted octanol–water partition coefficient (Wildman–Crippen LogP) is 2.92. The fraction of sp³-hybridized carbons (Fsp3) is 0.360. The molecule has 2 aromatic carbocycles. The monoisotopic (exact) mass is 465 g/mol. The highest BCUT2D eigenvalue weighted by Gasteiger charge is 2.32. The van der Waals surface area contributed by atoms with E-state index in [0.29, 0.717) is 24.1 Å². The summed E-state index contributed by atoms with van der Waals surface area (Å²) >= 11 is 0. The number of halogens is 1. The molecule has 0 radical (unpaired) electrons. The van der Waals surface area contributed by atoms with Gasteiger partial charge < -0.3 is 20.5 Å². The Morgan fingerprint density at radius 2 is 1.76 bits per heavy atom. The number of para-hydroxylation sites is 2. The zero-order chi connectivity index (χ0) is 24.2. The average molecular weight is 466 g/mol. The molecule has 3 aromatic rings. The molecule has 0 saturated carbocycles. The molecule has 1 atom stereocenters. The predicted molar refractivity (Wildman–Crippen MR) is 128 cm³/mol. The maximum absolute atomic E-state index is 13.2. The van der Waals surface area contributed by atoms with Crippen LogP contribution < -0.4 is 16.2 Å². The number of likely N-dealkylation sites (tertiary alicyclic amines) is 1. The molecule has 1 saturated heterocycles. The summed E-state index contributed by atoms with van der Waals surface area (Å²) in [6.07, 6.45) is 1.46. The third kappa shape index (κ3) is 5.24. The van der Waals surface area contributed by atoms with Crippen LogP contribution in [0.1, 0.15) is 37.2 Å². The third-order valence-corrected chi connectivity index (χ3v) is 6.06. The van der Waals surface area contributed by atoms with E-state index >= 15 is 0 Å². The first-order chi connectivity index (χ1) is 16.3. The molecule has 4 rings (SSSR count). The molecule has 1 aromatic heterocycles. The van der Waals surface area contributed by atoms with E-state index in [1.54, 1.807) is 41.3 Å². The number of H-pyrrole nitrogens is 1. The van der Waals surface area contributed by atoms with Gasteiger partial charge in [-0.3, -0.25) is 14.4 Å². The number of rotatable bonds is 6. The minimum atomic E-state index is -0.776. The van der Waals surface area contributed by atoms with Crippen LogP contribution in [-0.2, 0) is 4.79 Å². The number of nitrogens with one attached hydrogen (secondary N) is 3. The molecule has 1 fully saturated rings. The van der Waals surface area contributed by atoms with E-state index < -0.39 is 17.5 Å². The maximum atomic E-state index is 13.2. The number of anilines is 1. The number of fused-ring (bicyclic) bond motifs is 1. The Morgan fingerprint density at radius 1 is 1.09 bits per heavy atom. The maximum Gasteiger partial charge on any atom is 0.280 e. The molecule has 0 bridgehead atoms. The summed E-state index contributed by atoms with van der Waals surface area (Å²) in [5, 5.41) is 6.10. The summed E-state index contributed by atoms with van der Waals surface area (Å²) < 4.78 is 13.1. The van der Waals surface area contributed by atoms with E-state index in [9.17, 15) is 18.8 Å². The number of benzene rings is 2. The third-order valence-electron chi connectivity index (χ3n) is 6.06. The van der Waals surface area contributed by atoms with Crippen molar-refractivity contribution in [3.05, 3.63) is 70.4 Å². The standard InChI is InChI=1S/C25H28FN5O3/c1-15(2)21(30-24(33)22-23(32)29-20-6-4-3-5-19(20)28-22)25(34)31-13-11-18(12-14-31)27-17-9-7-16(26)8-10-17/h3-10,15,18,21,27H,11-14H2,1-2H3,(H,29,32)(H,30,33)/t21-/m0/s1. The molecule has 8 nitrogen and oxygen atoms in total. The number of aromatic amines is 1. The topological polar surface area (TPSA) is 107 Å². The van der Waals surface area contributed by atoms with Crippen LogP contribution in [0, 0.1) is 11.7 Å². The lowest BCUT2D eigenvalue weighted by atomic mass is 9.99. The number of piperidine rings is 1. The highest BCUT2D eigenvalue weighted by atomic mass is 19.1. The lowest BCUT2D eigenvalue weighted by Crippen LogP contribution is -2.54. The molecule has 34 heavy (non-hydrogen) atoms. The highest BCUT2D eigenvalue weighted by Crippen LogP contribution is 2.19. The fourth-order valence-corrected chi connectivity index (χ4v) is 4.13. The van der Waals surface area contributed by atoms with Gasteiger partial charge in [0.25, 0.3) is 11.5 Å². The van der Waals surface area contributed by atoms with E-state index in [0.717, 1.165) is 18.5 Å². The van der Waals surface area contributed by atoms with E-state index in [1.165, 1.54) is 12.1 Å². The van der Waals surface area contributed by atoms with Crippen molar-refractivity contribution in [1.29, 1.82) is 0 Å². The number of hydrogen-bond donors (Lipinski definition) is 3. The van der Waals surface area contributed by atoms with Gasteiger partial charge in [-0.05, 0) is 55.2 Å². The van der Waals surface area contributed by atoms with E-state index in [-0.39, 0.29) is 29.4 Å². The number of nitrogens with zero attached hydrogens (tertiary/aromatic N) is 2. The van der Waals surface area contributed by atoms with Gasteiger partial charge in [0.05, 0.1) is 11.0 Å². The van der Waals surface area contributed by atoms with Gasteiger partial charge in [0, 0.05) is 24.8 Å². The first-order valence-corrected chi connectivity index (χ1v) is 11.4. The first kappa shape index (κ1) is 23.4. The molecule has 1 aliphatic rings. The van der Waals surface area contributed by atoms with Crippen LogP contribution in [-0.4, -0.2) is 51.9 Å². The van der Waals surface area contributed by atoms with Gasteiger partial charge >= 0.3 is 0 Å². The van der Waals surface area contributed by atoms with Crippen LogP contribution in [0.25, 0.3) is 11.0 Å². The fourth-order valence-electron chi connectivity index (χ4n) is 4.13. The SMILES string of the molecule is CC(C)[C@H](NC(=O)c1nc2ccccc2[nH]c1=O)C(=O)N1CCC(Nc2ccc(F)cc2)CC1. The van der Waals surface area contributed by atoms with Gasteiger partial charge in [0.1, 0.15) is 11.9 Å². The molecule has 3 N–H and O–H groups in total. The van der Waals surface area contributed by atoms with Crippen LogP contribution in [0.5, 0.6) is 0 Å². The van der Waals surface area contributed by atoms with E-state index in [4.69, 9.17) is 0 Å². The molecular weight excluding hydrogens is 437 g/mol. The van der Waals surface area contributed by atoms with Crippen LogP contribution in [0.3, 0.4) is 0 Å². The Morgan fingerprint density at radius 3 is 2.44 bits per heavy atom. The summed E-state index contributed by atoms with van der Waals surface area (Å²) in [7, 11) is 0. The minimum Gasteiger partial charge on any atom is -0.382 e. The Hall–Kier alpha value is -3.75. The molecule has 2 amide bonds. The van der Waals surface area contributed by atoms with Crippen molar-refractivity contribution in [3.8, 4) is 0 Å². The average Bonchev–Trinajstić information content (AvgIpc) is 2.83. The molecule has 9 heteroatoms. The first-order valence-electron chi connectivity index (χ1n) is 11.4. The summed E-state index contributed by atoms with van der Waals surface area (Å²) in [5.41, 5.74) is 1.01. The molecule has 0 spiro atoms. The lowest BCUT2D eigenvalue weighted by molar-refractivity contribution is -0.135. The second-order valence-corrected chi connectivity index (χ2v) is 8.88. The van der Waals surface area contributed by atoms with Gasteiger partial charge in [-0.15, -0.1) is 0 Å². The van der Waals surface area contributed by atoms with E-state index in [2.05, 4.69) is 20.6 Å². The van der Waals surface area contributed by atoms with Crippen molar-refractivity contribution in [1.82, 2.24) is 20.2 Å². The Bertz CT molecular complexity index is 1230. The van der Waals surface area contributed by atoms with Crippen LogP contribution >= 0.6 is 0 Å². The zero-order valence-corrected chi connectivity index (χ0v) is 19.2. The number of hydrogen-bond acceptors (Lipinski definition) is 5. The van der Waals surface area contributed by atoms with Gasteiger partial charge in [-0.25, -0.2) is 9.37 Å². The minimum absolute atomic E-state index is 0.168. The summed E-state index contributed by atoms with van der Waals surface area (Å²) in [6.45, 7) is 4.77. The summed E-state index contributed by atoms with van der Waals surface area (Å²) in [5.74, 6) is -1.31.